The van der Waals surface area contributed by atoms with Gasteiger partial charge in [0.05, 0.1) is 6.10 Å². The number of aryl methyl sites for hydroxylation is 2. The molecule has 5 rings (SSSR count). The Kier molecular flexibility index (Phi) is 9.71. The van der Waals surface area contributed by atoms with Gasteiger partial charge in [-0.25, -0.2) is 0 Å². The summed E-state index contributed by atoms with van der Waals surface area (Å²) in [6, 6.07) is 6.34. The van der Waals surface area contributed by atoms with Gasteiger partial charge in [0.15, 0.2) is 0 Å². The molecule has 2 saturated heterocycles. The highest BCUT2D eigenvalue weighted by Crippen LogP contribution is 2.37. The predicted octanol–water partition coefficient (Wildman–Crippen LogP) is 4.88. The fourth-order valence-corrected chi connectivity index (χ4v) is 6.88. The number of amides is 1. The van der Waals surface area contributed by atoms with E-state index in [9.17, 15) is 9.59 Å². The van der Waals surface area contributed by atoms with Gasteiger partial charge in [-0.1, -0.05) is 6.42 Å². The van der Waals surface area contributed by atoms with Crippen molar-refractivity contribution in [3.8, 4) is 5.75 Å². The molecule has 3 aliphatic rings. The minimum absolute atomic E-state index is 0.155. The van der Waals surface area contributed by atoms with Crippen LogP contribution in [0.5, 0.6) is 5.75 Å². The molecule has 2 N–H and O–H groups in total. The lowest BCUT2D eigenvalue weighted by atomic mass is 9.81. The molecule has 0 spiro atoms. The lowest BCUT2D eigenvalue weighted by molar-refractivity contribution is 0.0391. The Morgan fingerprint density at radius 3 is 2.51 bits per heavy atom. The van der Waals surface area contributed by atoms with Gasteiger partial charge in [-0.2, -0.15) is 0 Å². The Morgan fingerprint density at radius 1 is 1.10 bits per heavy atom. The Morgan fingerprint density at radius 2 is 1.83 bits per heavy atom. The molecule has 8 heteroatoms. The van der Waals surface area contributed by atoms with Gasteiger partial charge in [0.1, 0.15) is 5.75 Å². The molecule has 2 aliphatic heterocycles. The summed E-state index contributed by atoms with van der Waals surface area (Å²) in [4.78, 5) is 34.1. The largest absolute Gasteiger partial charge is 0.490 e. The highest BCUT2D eigenvalue weighted by atomic mass is 16.5. The van der Waals surface area contributed by atoms with Crippen LogP contribution >= 0.6 is 0 Å². The summed E-state index contributed by atoms with van der Waals surface area (Å²) in [6.07, 6.45) is 8.26. The number of hydrogen-bond donors (Lipinski definition) is 2. The van der Waals surface area contributed by atoms with Crippen LogP contribution in [0, 0.1) is 26.7 Å². The van der Waals surface area contributed by atoms with Crippen molar-refractivity contribution in [3.63, 3.8) is 0 Å². The molecule has 1 aromatic carbocycles. The number of H-pyrrole nitrogens is 1. The molecule has 2 aromatic rings. The summed E-state index contributed by atoms with van der Waals surface area (Å²) in [7, 11) is 0. The normalized spacial score (nSPS) is 21.8. The van der Waals surface area contributed by atoms with E-state index in [0.717, 1.165) is 73.7 Å². The first-order valence-corrected chi connectivity index (χ1v) is 15.7. The number of benzene rings is 1. The third-order valence-corrected chi connectivity index (χ3v) is 9.26. The van der Waals surface area contributed by atoms with E-state index in [-0.39, 0.29) is 24.1 Å². The Balaban J connectivity index is 1.34. The SMILES string of the molecule is CCN(c1cc(OC2CC(CN3CCCCC3)C2)cc(C(=O)NCc2c(C)cc(C)[nH]c2=O)c1C)C1CCOCC1. The van der Waals surface area contributed by atoms with E-state index < -0.39 is 0 Å². The molecule has 1 aromatic heterocycles. The number of aromatic amines is 1. The highest BCUT2D eigenvalue weighted by molar-refractivity contribution is 5.97. The monoisotopic (exact) mass is 564 g/mol. The van der Waals surface area contributed by atoms with Crippen molar-refractivity contribution in [2.75, 3.05) is 44.3 Å². The van der Waals surface area contributed by atoms with Crippen molar-refractivity contribution in [2.24, 2.45) is 5.92 Å². The van der Waals surface area contributed by atoms with Gasteiger partial charge in [-0.15, -0.1) is 0 Å². The second kappa shape index (κ2) is 13.4. The van der Waals surface area contributed by atoms with E-state index in [4.69, 9.17) is 9.47 Å². The summed E-state index contributed by atoms with van der Waals surface area (Å²) >= 11 is 0. The van der Waals surface area contributed by atoms with E-state index in [2.05, 4.69) is 33.1 Å². The lowest BCUT2D eigenvalue weighted by Crippen LogP contribution is -2.43. The molecule has 3 heterocycles. The lowest BCUT2D eigenvalue weighted by Gasteiger charge is -2.40. The molecule has 41 heavy (non-hydrogen) atoms. The van der Waals surface area contributed by atoms with Gasteiger partial charge < -0.3 is 29.6 Å². The maximum Gasteiger partial charge on any atom is 0.253 e. The van der Waals surface area contributed by atoms with Crippen LogP contribution in [0.2, 0.25) is 0 Å². The molecular weight excluding hydrogens is 516 g/mol. The van der Waals surface area contributed by atoms with Crippen LogP contribution in [0.1, 0.15) is 84.6 Å². The summed E-state index contributed by atoms with van der Waals surface area (Å²) in [5.74, 6) is 1.26. The fourth-order valence-electron chi connectivity index (χ4n) is 6.88. The second-order valence-electron chi connectivity index (χ2n) is 12.3. The zero-order valence-electron chi connectivity index (χ0n) is 25.4. The average molecular weight is 565 g/mol. The molecule has 0 bridgehead atoms. The minimum atomic E-state index is -0.187. The number of ether oxygens (including phenoxy) is 2. The smallest absolute Gasteiger partial charge is 0.253 e. The molecular formula is C33H48N4O4. The van der Waals surface area contributed by atoms with Crippen molar-refractivity contribution in [1.82, 2.24) is 15.2 Å². The number of aromatic nitrogens is 1. The predicted molar refractivity (Wildman–Crippen MR) is 163 cm³/mol. The maximum absolute atomic E-state index is 13.6. The number of hydrogen-bond acceptors (Lipinski definition) is 6. The number of anilines is 1. The maximum atomic E-state index is 13.6. The minimum Gasteiger partial charge on any atom is -0.490 e. The van der Waals surface area contributed by atoms with E-state index in [0.29, 0.717) is 23.1 Å². The first kappa shape index (κ1) is 29.6. The van der Waals surface area contributed by atoms with Gasteiger partial charge in [-0.3, -0.25) is 9.59 Å². The van der Waals surface area contributed by atoms with Gasteiger partial charge in [-0.05, 0) is 108 Å². The average Bonchev–Trinajstić information content (AvgIpc) is 2.94. The van der Waals surface area contributed by atoms with Gasteiger partial charge in [0.25, 0.3) is 11.5 Å². The molecule has 0 radical (unpaired) electrons. The zero-order valence-corrected chi connectivity index (χ0v) is 25.4. The van der Waals surface area contributed by atoms with Crippen LogP contribution in [0.25, 0.3) is 0 Å². The zero-order chi connectivity index (χ0) is 28.9. The first-order chi connectivity index (χ1) is 19.8. The molecule has 1 aliphatic carbocycles. The van der Waals surface area contributed by atoms with Crippen molar-refractivity contribution in [1.29, 1.82) is 0 Å². The standard InChI is InChI=1S/C33H48N4O4/c1-5-37(26-9-13-40-14-10-26)31-19-28(41-27-16-25(17-27)21-36-11-7-6-8-12-36)18-29(24(31)4)32(38)34-20-30-22(2)15-23(3)35-33(30)39/h15,18-19,25-27H,5-14,16-17,20-21H2,1-4H3,(H,34,38)(H,35,39). The number of nitrogens with one attached hydrogen (secondary N) is 2. The van der Waals surface area contributed by atoms with Crippen molar-refractivity contribution >= 4 is 11.6 Å². The van der Waals surface area contributed by atoms with Crippen LogP contribution < -0.4 is 20.5 Å². The van der Waals surface area contributed by atoms with Crippen LogP contribution in [-0.2, 0) is 11.3 Å². The molecule has 224 valence electrons. The number of likely N-dealkylation sites (tertiary alicyclic amines) is 1. The number of carbonyl (C=O) groups excluding carboxylic acids is 1. The van der Waals surface area contributed by atoms with Crippen LogP contribution in [0.15, 0.2) is 23.0 Å². The number of pyridine rings is 1. The second-order valence-corrected chi connectivity index (χ2v) is 12.3. The quantitative estimate of drug-likeness (QED) is 0.428. The Hall–Kier alpha value is -2.84. The van der Waals surface area contributed by atoms with E-state index in [1.165, 1.54) is 38.9 Å². The highest BCUT2D eigenvalue weighted by Gasteiger charge is 2.33. The van der Waals surface area contributed by atoms with Crippen molar-refractivity contribution < 1.29 is 14.3 Å². The summed E-state index contributed by atoms with van der Waals surface area (Å²) in [6.45, 7) is 14.1. The summed E-state index contributed by atoms with van der Waals surface area (Å²) in [5.41, 5.74) is 4.72. The van der Waals surface area contributed by atoms with Gasteiger partial charge in [0, 0.05) is 67.5 Å². The van der Waals surface area contributed by atoms with Crippen LogP contribution in [0.4, 0.5) is 5.69 Å². The van der Waals surface area contributed by atoms with Crippen LogP contribution in [-0.4, -0.2) is 67.3 Å². The van der Waals surface area contributed by atoms with Gasteiger partial charge >= 0.3 is 0 Å². The van der Waals surface area contributed by atoms with E-state index in [1.54, 1.807) is 0 Å². The third kappa shape index (κ3) is 7.15. The van der Waals surface area contributed by atoms with Gasteiger partial charge in [0.2, 0.25) is 0 Å². The number of rotatable bonds is 10. The van der Waals surface area contributed by atoms with E-state index in [1.807, 2.05) is 32.9 Å². The number of piperidine rings is 1. The first-order valence-electron chi connectivity index (χ1n) is 15.7. The summed E-state index contributed by atoms with van der Waals surface area (Å²) in [5, 5.41) is 3.02. The number of nitrogens with zero attached hydrogens (tertiary/aromatic N) is 2. The molecule has 1 amide bonds. The Bertz CT molecular complexity index is 1260. The molecule has 0 atom stereocenters. The van der Waals surface area contributed by atoms with Crippen molar-refractivity contribution in [2.45, 2.75) is 91.3 Å². The Labute approximate surface area is 244 Å². The summed E-state index contributed by atoms with van der Waals surface area (Å²) < 4.78 is 12.2. The molecule has 1 saturated carbocycles. The van der Waals surface area contributed by atoms with E-state index >= 15 is 0 Å². The molecule has 3 fully saturated rings. The van der Waals surface area contributed by atoms with Crippen LogP contribution in [0.3, 0.4) is 0 Å². The molecule has 0 unspecified atom stereocenters. The molecule has 8 nitrogen and oxygen atoms in total. The van der Waals surface area contributed by atoms with Crippen molar-refractivity contribution in [3.05, 3.63) is 56.5 Å². The third-order valence-electron chi connectivity index (χ3n) is 9.26. The number of carbonyl (C=O) groups is 1. The fraction of sp³-hybridized carbons (Fsp3) is 0.636. The topological polar surface area (TPSA) is 86.9 Å².